The van der Waals surface area contributed by atoms with E-state index in [1.165, 1.54) is 26.9 Å². The molecule has 0 aliphatic carbocycles. The van der Waals surface area contributed by atoms with Gasteiger partial charge in [0.2, 0.25) is 0 Å². The molecule has 4 aromatic carbocycles. The van der Waals surface area contributed by atoms with Crippen molar-refractivity contribution in [3.63, 3.8) is 0 Å². The van der Waals surface area contributed by atoms with Gasteiger partial charge in [-0.2, -0.15) is 0 Å². The van der Waals surface area contributed by atoms with Crippen molar-refractivity contribution in [3.8, 4) is 0 Å². The van der Waals surface area contributed by atoms with Gasteiger partial charge in [0.1, 0.15) is 6.61 Å². The molecule has 102 valence electrons. The smallest absolute Gasteiger partial charge is 0.404 e. The molecule has 0 N–H and O–H groups in total. The Kier molecular flexibility index (Phi) is 2.72. The van der Waals surface area contributed by atoms with Crippen LogP contribution in [0.4, 0.5) is 4.79 Å². The van der Waals surface area contributed by atoms with E-state index >= 15 is 0 Å². The highest BCUT2D eigenvalue weighted by molar-refractivity contribution is 6.61. The molecule has 0 fully saturated rings. The highest BCUT2D eigenvalue weighted by Crippen LogP contribution is 2.36. The Bertz CT molecular complexity index is 959. The van der Waals surface area contributed by atoms with E-state index in [0.717, 1.165) is 10.9 Å². The van der Waals surface area contributed by atoms with Crippen molar-refractivity contribution in [2.75, 3.05) is 0 Å². The predicted molar refractivity (Wildman–Crippen MR) is 86.2 cm³/mol. The van der Waals surface area contributed by atoms with Crippen LogP contribution in [0.5, 0.6) is 0 Å². The molecule has 0 spiro atoms. The lowest BCUT2D eigenvalue weighted by molar-refractivity contribution is 0.167. The van der Waals surface area contributed by atoms with Crippen LogP contribution in [0.15, 0.2) is 54.6 Å². The van der Waals surface area contributed by atoms with Crippen LogP contribution < -0.4 is 0 Å². The summed E-state index contributed by atoms with van der Waals surface area (Å²) < 4.78 is 4.94. The Morgan fingerprint density at radius 2 is 1.48 bits per heavy atom. The first-order valence-electron chi connectivity index (χ1n) is 6.72. The van der Waals surface area contributed by atoms with Gasteiger partial charge in [0.25, 0.3) is 0 Å². The Morgan fingerprint density at radius 3 is 2.19 bits per heavy atom. The number of hydrogen-bond donors (Lipinski definition) is 0. The van der Waals surface area contributed by atoms with Gasteiger partial charge in [-0.3, -0.25) is 0 Å². The predicted octanol–water partition coefficient (Wildman–Crippen LogP) is 5.46. The number of carbonyl (C=O) groups is 1. The largest absolute Gasteiger partial charge is 0.449 e. The van der Waals surface area contributed by atoms with Crippen LogP contribution in [-0.4, -0.2) is 5.43 Å². The zero-order valence-corrected chi connectivity index (χ0v) is 11.9. The van der Waals surface area contributed by atoms with Crippen molar-refractivity contribution >= 4 is 49.3 Å². The molecule has 0 amide bonds. The minimum absolute atomic E-state index is 0.191. The third kappa shape index (κ3) is 1.91. The van der Waals surface area contributed by atoms with E-state index in [4.69, 9.17) is 16.3 Å². The first kappa shape index (κ1) is 12.4. The Hall–Kier alpha value is -2.32. The molecule has 21 heavy (non-hydrogen) atoms. The van der Waals surface area contributed by atoms with Gasteiger partial charge < -0.3 is 4.74 Å². The van der Waals surface area contributed by atoms with Gasteiger partial charge in [-0.05, 0) is 37.9 Å². The van der Waals surface area contributed by atoms with Crippen LogP contribution in [0.3, 0.4) is 0 Å². The minimum Gasteiger partial charge on any atom is -0.449 e. The van der Waals surface area contributed by atoms with E-state index in [2.05, 4.69) is 48.5 Å². The second-order valence-electron chi connectivity index (χ2n) is 5.11. The van der Waals surface area contributed by atoms with E-state index in [9.17, 15) is 4.79 Å². The zero-order chi connectivity index (χ0) is 14.4. The monoisotopic (exact) mass is 294 g/mol. The second kappa shape index (κ2) is 4.61. The average molecular weight is 295 g/mol. The van der Waals surface area contributed by atoms with Gasteiger partial charge in [-0.25, -0.2) is 4.79 Å². The summed E-state index contributed by atoms with van der Waals surface area (Å²) in [6.45, 7) is 0.191. The molecule has 0 heterocycles. The van der Waals surface area contributed by atoms with Gasteiger partial charge in [0.15, 0.2) is 0 Å². The second-order valence-corrected chi connectivity index (χ2v) is 5.42. The fraction of sp³-hybridized carbons (Fsp3) is 0.0556. The van der Waals surface area contributed by atoms with Gasteiger partial charge in [0, 0.05) is 11.6 Å². The maximum atomic E-state index is 10.8. The minimum atomic E-state index is -0.777. The third-order valence-electron chi connectivity index (χ3n) is 3.96. The number of halogens is 1. The van der Waals surface area contributed by atoms with Gasteiger partial charge in [0.05, 0.1) is 0 Å². The molecular formula is C18H11ClO2. The van der Waals surface area contributed by atoms with E-state index in [1.807, 2.05) is 6.07 Å². The quantitative estimate of drug-likeness (QED) is 0.362. The van der Waals surface area contributed by atoms with Crippen LogP contribution in [0, 0.1) is 0 Å². The van der Waals surface area contributed by atoms with Crippen LogP contribution in [0.2, 0.25) is 0 Å². The summed E-state index contributed by atoms with van der Waals surface area (Å²) >= 11 is 5.27. The highest BCUT2D eigenvalue weighted by atomic mass is 35.5. The molecule has 0 aromatic heterocycles. The maximum absolute atomic E-state index is 10.8. The number of benzene rings is 4. The Labute approximate surface area is 126 Å². The van der Waals surface area contributed by atoms with E-state index in [1.54, 1.807) is 0 Å². The van der Waals surface area contributed by atoms with Crippen molar-refractivity contribution in [2.45, 2.75) is 6.61 Å². The highest BCUT2D eigenvalue weighted by Gasteiger charge is 2.11. The lowest BCUT2D eigenvalue weighted by Gasteiger charge is -2.13. The molecule has 0 bridgehead atoms. The molecule has 0 radical (unpaired) electrons. The lowest BCUT2D eigenvalue weighted by atomic mass is 9.92. The van der Waals surface area contributed by atoms with Crippen molar-refractivity contribution in [1.82, 2.24) is 0 Å². The summed E-state index contributed by atoms with van der Waals surface area (Å²) in [6.07, 6.45) is 0. The third-order valence-corrected chi connectivity index (χ3v) is 4.07. The fourth-order valence-corrected chi connectivity index (χ4v) is 3.11. The van der Waals surface area contributed by atoms with Gasteiger partial charge >= 0.3 is 5.43 Å². The molecule has 0 unspecified atom stereocenters. The topological polar surface area (TPSA) is 26.3 Å². The Balaban J connectivity index is 2.08. The summed E-state index contributed by atoms with van der Waals surface area (Å²) in [5, 5.41) is 7.21. The number of rotatable bonds is 2. The summed E-state index contributed by atoms with van der Waals surface area (Å²) in [6, 6.07) is 18.8. The van der Waals surface area contributed by atoms with Crippen LogP contribution >= 0.6 is 11.6 Å². The standard InChI is InChI=1S/C18H11ClO2/c19-18(20)21-10-14-7-6-13-5-4-11-2-1-3-12-8-9-15(14)17(13)16(11)12/h1-9H,10H2. The molecular weight excluding hydrogens is 284 g/mol. The molecule has 2 nitrogen and oxygen atoms in total. The van der Waals surface area contributed by atoms with Crippen molar-refractivity contribution in [2.24, 2.45) is 0 Å². The summed E-state index contributed by atoms with van der Waals surface area (Å²) in [4.78, 5) is 10.8. The molecule has 3 heteroatoms. The fourth-order valence-electron chi connectivity index (χ4n) is 3.06. The normalized spacial score (nSPS) is 11.5. The van der Waals surface area contributed by atoms with Crippen LogP contribution in [0.1, 0.15) is 5.56 Å². The molecule has 0 saturated heterocycles. The van der Waals surface area contributed by atoms with Gasteiger partial charge in [-0.15, -0.1) is 0 Å². The molecule has 0 aliphatic heterocycles. The van der Waals surface area contributed by atoms with Crippen molar-refractivity contribution in [1.29, 1.82) is 0 Å². The maximum Gasteiger partial charge on any atom is 0.404 e. The first-order valence-corrected chi connectivity index (χ1v) is 7.09. The van der Waals surface area contributed by atoms with Crippen molar-refractivity contribution < 1.29 is 9.53 Å². The number of hydrogen-bond acceptors (Lipinski definition) is 2. The van der Waals surface area contributed by atoms with Gasteiger partial charge in [-0.1, -0.05) is 54.6 Å². The van der Waals surface area contributed by atoms with Crippen LogP contribution in [0.25, 0.3) is 32.3 Å². The van der Waals surface area contributed by atoms with Crippen molar-refractivity contribution in [3.05, 3.63) is 60.2 Å². The van der Waals surface area contributed by atoms with Crippen LogP contribution in [-0.2, 0) is 11.3 Å². The molecule has 0 saturated carbocycles. The number of carbonyl (C=O) groups excluding carboxylic acids is 1. The van der Waals surface area contributed by atoms with E-state index in [0.29, 0.717) is 0 Å². The average Bonchev–Trinajstić information content (AvgIpc) is 2.51. The zero-order valence-electron chi connectivity index (χ0n) is 11.1. The molecule has 0 atom stereocenters. The molecule has 0 aliphatic rings. The summed E-state index contributed by atoms with van der Waals surface area (Å²) in [5.41, 5.74) is 0.190. The molecule has 4 aromatic rings. The molecule has 4 rings (SSSR count). The SMILES string of the molecule is O=C(Cl)OCc1ccc2ccc3cccc4ccc1c2c34. The summed E-state index contributed by atoms with van der Waals surface area (Å²) in [5.74, 6) is 0. The lowest BCUT2D eigenvalue weighted by Crippen LogP contribution is -1.96. The summed E-state index contributed by atoms with van der Waals surface area (Å²) in [7, 11) is 0. The first-order chi connectivity index (χ1) is 10.2. The van der Waals surface area contributed by atoms with E-state index < -0.39 is 5.43 Å². The Morgan fingerprint density at radius 1 is 0.857 bits per heavy atom. The number of ether oxygens (including phenoxy) is 1. The van der Waals surface area contributed by atoms with E-state index in [-0.39, 0.29) is 6.61 Å².